The molecule has 3 rings (SSSR count). The van der Waals surface area contributed by atoms with E-state index in [1.54, 1.807) is 16.9 Å². The van der Waals surface area contributed by atoms with Crippen molar-refractivity contribution in [3.63, 3.8) is 0 Å². The van der Waals surface area contributed by atoms with E-state index in [1.807, 2.05) is 20.9 Å². The number of amides is 1. The predicted molar refractivity (Wildman–Crippen MR) is 77.3 cm³/mol. The van der Waals surface area contributed by atoms with Crippen LogP contribution in [-0.4, -0.2) is 15.7 Å². The minimum Gasteiger partial charge on any atom is -0.324 e. The number of hydrogen-bond donors (Lipinski definition) is 2. The zero-order valence-electron chi connectivity index (χ0n) is 12.1. The molecule has 1 amide bonds. The number of rotatable bonds is 3. The number of nitrogens with one attached hydrogen (secondary N) is 2. The van der Waals surface area contributed by atoms with Gasteiger partial charge < -0.3 is 5.32 Å². The normalized spacial score (nSPS) is 18.5. The summed E-state index contributed by atoms with van der Waals surface area (Å²) in [6, 6.07) is 3.84. The molecular weight excluding hydrogens is 271 g/mol. The Morgan fingerprint density at radius 3 is 2.90 bits per heavy atom. The number of nitrogens with zero attached hydrogens (tertiary/aromatic N) is 2. The van der Waals surface area contributed by atoms with Crippen LogP contribution in [0.5, 0.6) is 0 Å². The second-order valence-corrected chi connectivity index (χ2v) is 5.35. The first-order valence-corrected chi connectivity index (χ1v) is 6.82. The molecule has 2 N–H and O–H groups in total. The molecule has 5 nitrogen and oxygen atoms in total. The van der Waals surface area contributed by atoms with Crippen LogP contribution in [0.3, 0.4) is 0 Å². The molecule has 2 atom stereocenters. The van der Waals surface area contributed by atoms with E-state index >= 15 is 0 Å². The summed E-state index contributed by atoms with van der Waals surface area (Å²) in [6.07, 6.45) is 1.80. The molecule has 2 heterocycles. The zero-order valence-corrected chi connectivity index (χ0v) is 12.1. The summed E-state index contributed by atoms with van der Waals surface area (Å²) < 4.78 is 15.0. The summed E-state index contributed by atoms with van der Waals surface area (Å²) in [6.45, 7) is 3.97. The third-order valence-electron chi connectivity index (χ3n) is 4.00. The minimum atomic E-state index is -0.477. The number of anilines is 1. The van der Waals surface area contributed by atoms with Gasteiger partial charge in [-0.05, 0) is 26.0 Å². The molecule has 0 radical (unpaired) electrons. The highest BCUT2D eigenvalue weighted by molar-refractivity contribution is 6.02. The number of carbonyl (C=O) groups excluding carboxylic acids is 1. The summed E-state index contributed by atoms with van der Waals surface area (Å²) in [5.74, 6) is -0.519. The Labute approximate surface area is 122 Å². The van der Waals surface area contributed by atoms with Gasteiger partial charge >= 0.3 is 0 Å². The molecule has 110 valence electrons. The maximum Gasteiger partial charge on any atom is 0.246 e. The maximum absolute atomic E-state index is 13.2. The van der Waals surface area contributed by atoms with Gasteiger partial charge in [0.1, 0.15) is 11.9 Å². The average Bonchev–Trinajstić information content (AvgIpc) is 2.91. The number of fused-ring (bicyclic) bond motifs is 1. The monoisotopic (exact) mass is 288 g/mol. The van der Waals surface area contributed by atoms with Gasteiger partial charge in [0.15, 0.2) is 0 Å². The minimum absolute atomic E-state index is 0.0366. The summed E-state index contributed by atoms with van der Waals surface area (Å²) in [4.78, 5) is 12.1. The van der Waals surface area contributed by atoms with Crippen LogP contribution in [0.1, 0.15) is 35.8 Å². The maximum atomic E-state index is 13.2. The molecule has 0 saturated heterocycles. The third kappa shape index (κ3) is 2.31. The van der Waals surface area contributed by atoms with Crippen molar-refractivity contribution in [2.24, 2.45) is 7.05 Å². The number of aryl methyl sites for hydroxylation is 1. The van der Waals surface area contributed by atoms with Crippen molar-refractivity contribution in [2.45, 2.75) is 25.9 Å². The Kier molecular flexibility index (Phi) is 3.25. The lowest BCUT2D eigenvalue weighted by atomic mass is 10.0. The largest absolute Gasteiger partial charge is 0.324 e. The van der Waals surface area contributed by atoms with E-state index in [-0.39, 0.29) is 17.8 Å². The molecule has 0 saturated carbocycles. The van der Waals surface area contributed by atoms with Crippen LogP contribution in [0.15, 0.2) is 24.4 Å². The summed E-state index contributed by atoms with van der Waals surface area (Å²) in [7, 11) is 1.88. The first kappa shape index (κ1) is 13.8. The fourth-order valence-corrected chi connectivity index (χ4v) is 2.68. The van der Waals surface area contributed by atoms with Gasteiger partial charge in [-0.3, -0.25) is 14.8 Å². The summed E-state index contributed by atoms with van der Waals surface area (Å²) in [5.41, 5.74) is 3.40. The van der Waals surface area contributed by atoms with Gasteiger partial charge in [-0.25, -0.2) is 4.39 Å². The van der Waals surface area contributed by atoms with E-state index in [9.17, 15) is 9.18 Å². The lowest BCUT2D eigenvalue weighted by molar-refractivity contribution is -0.117. The van der Waals surface area contributed by atoms with Crippen LogP contribution >= 0.6 is 0 Å². The van der Waals surface area contributed by atoms with Crippen molar-refractivity contribution < 1.29 is 9.18 Å². The Morgan fingerprint density at radius 1 is 1.48 bits per heavy atom. The highest BCUT2D eigenvalue weighted by Gasteiger charge is 2.32. The predicted octanol–water partition coefficient (Wildman–Crippen LogP) is 2.21. The lowest BCUT2D eigenvalue weighted by Gasteiger charge is -2.18. The van der Waals surface area contributed by atoms with Gasteiger partial charge in [0.05, 0.1) is 6.20 Å². The van der Waals surface area contributed by atoms with Crippen LogP contribution in [0, 0.1) is 12.7 Å². The van der Waals surface area contributed by atoms with E-state index in [1.165, 1.54) is 12.1 Å². The van der Waals surface area contributed by atoms with E-state index in [4.69, 9.17) is 0 Å². The first-order chi connectivity index (χ1) is 9.97. The topological polar surface area (TPSA) is 59.0 Å². The van der Waals surface area contributed by atoms with Gasteiger partial charge in [-0.1, -0.05) is 6.07 Å². The second kappa shape index (κ2) is 4.96. The van der Waals surface area contributed by atoms with Crippen LogP contribution in [0.4, 0.5) is 10.1 Å². The van der Waals surface area contributed by atoms with Gasteiger partial charge in [-0.15, -0.1) is 0 Å². The first-order valence-electron chi connectivity index (χ1n) is 6.82. The molecule has 1 aliphatic heterocycles. The Bertz CT molecular complexity index is 710. The van der Waals surface area contributed by atoms with E-state index in [0.29, 0.717) is 5.69 Å². The lowest BCUT2D eigenvalue weighted by Crippen LogP contribution is -2.30. The molecule has 0 spiro atoms. The summed E-state index contributed by atoms with van der Waals surface area (Å²) in [5, 5.41) is 10.2. The molecular formula is C15H17FN4O. The van der Waals surface area contributed by atoms with Gasteiger partial charge in [0, 0.05) is 35.6 Å². The van der Waals surface area contributed by atoms with E-state index in [2.05, 4.69) is 15.7 Å². The molecule has 1 aromatic heterocycles. The van der Waals surface area contributed by atoms with Crippen molar-refractivity contribution in [3.8, 4) is 0 Å². The average molecular weight is 288 g/mol. The number of aromatic nitrogens is 2. The third-order valence-corrected chi connectivity index (χ3v) is 4.00. The molecule has 2 aromatic rings. The van der Waals surface area contributed by atoms with Crippen molar-refractivity contribution >= 4 is 11.6 Å². The van der Waals surface area contributed by atoms with Crippen LogP contribution in [0.25, 0.3) is 0 Å². The highest BCUT2D eigenvalue weighted by atomic mass is 19.1. The van der Waals surface area contributed by atoms with Crippen LogP contribution in [0.2, 0.25) is 0 Å². The van der Waals surface area contributed by atoms with Gasteiger partial charge in [0.2, 0.25) is 5.91 Å². The van der Waals surface area contributed by atoms with Gasteiger partial charge in [-0.2, -0.15) is 5.10 Å². The SMILES string of the molecule is Cc1c(C(C)NC2C(=O)Nc3cc(F)ccc32)cnn1C. The second-order valence-electron chi connectivity index (χ2n) is 5.35. The Balaban J connectivity index is 1.86. The quantitative estimate of drug-likeness (QED) is 0.910. The number of carbonyl (C=O) groups is 1. The number of benzene rings is 1. The molecule has 6 heteroatoms. The number of halogens is 1. The fourth-order valence-electron chi connectivity index (χ4n) is 2.68. The van der Waals surface area contributed by atoms with Crippen LogP contribution < -0.4 is 10.6 Å². The molecule has 21 heavy (non-hydrogen) atoms. The molecule has 1 aliphatic rings. The van der Waals surface area contributed by atoms with Crippen LogP contribution in [-0.2, 0) is 11.8 Å². The highest BCUT2D eigenvalue weighted by Crippen LogP contribution is 2.33. The zero-order chi connectivity index (χ0) is 15.1. The molecule has 0 aliphatic carbocycles. The Morgan fingerprint density at radius 2 is 2.24 bits per heavy atom. The molecule has 0 fully saturated rings. The van der Waals surface area contributed by atoms with Crippen molar-refractivity contribution in [3.05, 3.63) is 47.0 Å². The molecule has 2 unspecified atom stereocenters. The van der Waals surface area contributed by atoms with E-state index in [0.717, 1.165) is 16.8 Å². The molecule has 0 bridgehead atoms. The van der Waals surface area contributed by atoms with Crippen molar-refractivity contribution in [1.82, 2.24) is 15.1 Å². The van der Waals surface area contributed by atoms with Crippen molar-refractivity contribution in [1.29, 1.82) is 0 Å². The smallest absolute Gasteiger partial charge is 0.246 e. The molecule has 1 aromatic carbocycles. The van der Waals surface area contributed by atoms with E-state index < -0.39 is 6.04 Å². The fraction of sp³-hybridized carbons (Fsp3) is 0.333. The van der Waals surface area contributed by atoms with Gasteiger partial charge in [0.25, 0.3) is 0 Å². The number of hydrogen-bond acceptors (Lipinski definition) is 3. The Hall–Kier alpha value is -2.21. The summed E-state index contributed by atoms with van der Waals surface area (Å²) >= 11 is 0. The van der Waals surface area contributed by atoms with Crippen molar-refractivity contribution in [2.75, 3.05) is 5.32 Å². The standard InChI is InChI=1S/C15H17FN4O/c1-8(12-7-17-20(3)9(12)2)18-14-11-5-4-10(16)6-13(11)19-15(14)21/h4-8,14,18H,1-3H3,(H,19,21).